The normalized spacial score (nSPS) is 9.23. The Hall–Kier alpha value is -1.46. The van der Waals surface area contributed by atoms with E-state index < -0.39 is 12.1 Å². The molecule has 0 spiro atoms. The average molecular weight is 188 g/mol. The summed E-state index contributed by atoms with van der Waals surface area (Å²) < 4.78 is 0. The number of hydrogen-bond donors (Lipinski definition) is 4. The van der Waals surface area contributed by atoms with Gasteiger partial charge in [-0.05, 0) is 19.3 Å². The van der Waals surface area contributed by atoms with E-state index in [4.69, 9.17) is 11.5 Å². The topological polar surface area (TPSA) is 110 Å². The highest BCUT2D eigenvalue weighted by Crippen LogP contribution is 1.91. The van der Waals surface area contributed by atoms with Crippen LogP contribution in [0.15, 0.2) is 0 Å². The van der Waals surface area contributed by atoms with Crippen LogP contribution in [0.2, 0.25) is 0 Å². The van der Waals surface area contributed by atoms with Crippen molar-refractivity contribution in [3.63, 3.8) is 0 Å². The number of carbonyl (C=O) groups excluding carboxylic acids is 2. The molecule has 0 aliphatic rings. The average Bonchev–Trinajstić information content (AvgIpc) is 2.01. The molecule has 0 aromatic rings. The predicted molar refractivity (Wildman–Crippen MR) is 49.0 cm³/mol. The van der Waals surface area contributed by atoms with Gasteiger partial charge in [-0.15, -0.1) is 0 Å². The van der Waals surface area contributed by atoms with Crippen LogP contribution in [0.3, 0.4) is 0 Å². The molecule has 0 saturated carbocycles. The number of urea groups is 2. The molecule has 0 aliphatic heterocycles. The summed E-state index contributed by atoms with van der Waals surface area (Å²) in [7, 11) is 0. The fraction of sp³-hybridized carbons (Fsp3) is 0.714. The molecule has 0 fully saturated rings. The van der Waals surface area contributed by atoms with Gasteiger partial charge in [-0.2, -0.15) is 0 Å². The van der Waals surface area contributed by atoms with Crippen molar-refractivity contribution in [2.45, 2.75) is 19.3 Å². The second kappa shape index (κ2) is 7.20. The van der Waals surface area contributed by atoms with E-state index in [9.17, 15) is 9.59 Å². The van der Waals surface area contributed by atoms with Gasteiger partial charge in [-0.25, -0.2) is 9.59 Å². The van der Waals surface area contributed by atoms with E-state index in [1.165, 1.54) is 0 Å². The third-order valence-electron chi connectivity index (χ3n) is 1.45. The number of primary amides is 2. The third-order valence-corrected chi connectivity index (χ3v) is 1.45. The van der Waals surface area contributed by atoms with Gasteiger partial charge in [0.25, 0.3) is 0 Å². The van der Waals surface area contributed by atoms with E-state index in [0.717, 1.165) is 19.3 Å². The van der Waals surface area contributed by atoms with E-state index in [1.54, 1.807) is 0 Å². The first-order valence-corrected chi connectivity index (χ1v) is 4.19. The van der Waals surface area contributed by atoms with Crippen LogP contribution in [0.4, 0.5) is 9.59 Å². The largest absolute Gasteiger partial charge is 0.352 e. The molecule has 0 bridgehead atoms. The van der Waals surface area contributed by atoms with Crippen LogP contribution in [0.5, 0.6) is 0 Å². The van der Waals surface area contributed by atoms with Crippen molar-refractivity contribution in [1.82, 2.24) is 10.6 Å². The van der Waals surface area contributed by atoms with Crippen LogP contribution in [0, 0.1) is 0 Å². The smallest absolute Gasteiger partial charge is 0.312 e. The molecule has 0 atom stereocenters. The maximum absolute atomic E-state index is 10.2. The summed E-state index contributed by atoms with van der Waals surface area (Å²) in [5.74, 6) is 0. The number of nitrogens with one attached hydrogen (secondary N) is 2. The number of nitrogens with two attached hydrogens (primary N) is 2. The molecular weight excluding hydrogens is 172 g/mol. The zero-order chi connectivity index (χ0) is 10.1. The summed E-state index contributed by atoms with van der Waals surface area (Å²) in [6.45, 7) is 1.15. The summed E-state index contributed by atoms with van der Waals surface area (Å²) in [4.78, 5) is 20.4. The van der Waals surface area contributed by atoms with Crippen LogP contribution < -0.4 is 22.1 Å². The Labute approximate surface area is 77.0 Å². The summed E-state index contributed by atoms with van der Waals surface area (Å²) in [6.07, 6.45) is 2.62. The van der Waals surface area contributed by atoms with Crippen molar-refractivity contribution in [2.75, 3.05) is 13.1 Å². The number of hydrogen-bond acceptors (Lipinski definition) is 2. The fourth-order valence-corrected chi connectivity index (χ4v) is 0.850. The Morgan fingerprint density at radius 2 is 1.23 bits per heavy atom. The summed E-state index contributed by atoms with van der Waals surface area (Å²) >= 11 is 0. The van der Waals surface area contributed by atoms with Crippen molar-refractivity contribution < 1.29 is 9.59 Å². The maximum Gasteiger partial charge on any atom is 0.312 e. The van der Waals surface area contributed by atoms with E-state index in [2.05, 4.69) is 10.6 Å². The van der Waals surface area contributed by atoms with Crippen molar-refractivity contribution in [3.8, 4) is 0 Å². The van der Waals surface area contributed by atoms with Crippen molar-refractivity contribution >= 4 is 12.1 Å². The lowest BCUT2D eigenvalue weighted by Gasteiger charge is -2.02. The van der Waals surface area contributed by atoms with Gasteiger partial charge in [-0.1, -0.05) is 0 Å². The van der Waals surface area contributed by atoms with Crippen LogP contribution in [0.1, 0.15) is 19.3 Å². The van der Waals surface area contributed by atoms with Gasteiger partial charge < -0.3 is 22.1 Å². The quantitative estimate of drug-likeness (QED) is 0.421. The second-order valence-electron chi connectivity index (χ2n) is 2.64. The molecule has 6 N–H and O–H groups in total. The standard InChI is InChI=1S/C7H16N4O2/c8-6(12)10-4-2-1-3-5-11-7(9)13/h1-5H2,(H3,8,10,12)(H3,9,11,13). The Morgan fingerprint density at radius 3 is 1.54 bits per heavy atom. The first-order valence-electron chi connectivity index (χ1n) is 4.19. The third kappa shape index (κ3) is 10.5. The molecule has 0 unspecified atom stereocenters. The Morgan fingerprint density at radius 1 is 0.846 bits per heavy atom. The maximum atomic E-state index is 10.2. The summed E-state index contributed by atoms with van der Waals surface area (Å²) in [6, 6.07) is -1.01. The Balaban J connectivity index is 3.00. The van der Waals surface area contributed by atoms with Gasteiger partial charge >= 0.3 is 12.1 Å². The number of carbonyl (C=O) groups is 2. The first-order chi connectivity index (χ1) is 6.13. The van der Waals surface area contributed by atoms with E-state index in [1.807, 2.05) is 0 Å². The fourth-order valence-electron chi connectivity index (χ4n) is 0.850. The minimum atomic E-state index is -0.504. The van der Waals surface area contributed by atoms with Gasteiger partial charge in [-0.3, -0.25) is 0 Å². The molecule has 0 rings (SSSR count). The van der Waals surface area contributed by atoms with Crippen molar-refractivity contribution in [1.29, 1.82) is 0 Å². The molecule has 0 radical (unpaired) electrons. The van der Waals surface area contributed by atoms with Crippen LogP contribution >= 0.6 is 0 Å². The lowest BCUT2D eigenvalue weighted by atomic mass is 10.2. The molecule has 0 aromatic carbocycles. The number of rotatable bonds is 6. The molecule has 4 amide bonds. The number of unbranched alkanes of at least 4 members (excludes halogenated alkanes) is 2. The summed E-state index contributed by atoms with van der Waals surface area (Å²) in [5, 5.41) is 4.94. The summed E-state index contributed by atoms with van der Waals surface area (Å²) in [5.41, 5.74) is 9.70. The first kappa shape index (κ1) is 11.5. The van der Waals surface area contributed by atoms with E-state index in [0.29, 0.717) is 13.1 Å². The Bertz CT molecular complexity index is 154. The van der Waals surface area contributed by atoms with Gasteiger partial charge in [0.2, 0.25) is 0 Å². The molecule has 6 heteroatoms. The highest BCUT2D eigenvalue weighted by atomic mass is 16.2. The molecule has 0 heterocycles. The molecule has 0 aliphatic carbocycles. The highest BCUT2D eigenvalue weighted by Gasteiger charge is 1.93. The van der Waals surface area contributed by atoms with Crippen molar-refractivity contribution in [3.05, 3.63) is 0 Å². The lowest BCUT2D eigenvalue weighted by molar-refractivity contribution is 0.248. The minimum absolute atomic E-state index is 0.504. The SMILES string of the molecule is NC(=O)NCCCCCNC(N)=O. The molecule has 0 aromatic heterocycles. The van der Waals surface area contributed by atoms with Gasteiger partial charge in [0.1, 0.15) is 0 Å². The van der Waals surface area contributed by atoms with E-state index >= 15 is 0 Å². The monoisotopic (exact) mass is 188 g/mol. The van der Waals surface area contributed by atoms with E-state index in [-0.39, 0.29) is 0 Å². The lowest BCUT2D eigenvalue weighted by Crippen LogP contribution is -2.31. The molecule has 0 saturated heterocycles. The minimum Gasteiger partial charge on any atom is -0.352 e. The molecule has 6 nitrogen and oxygen atoms in total. The predicted octanol–water partition coefficient (Wildman–Crippen LogP) is -0.507. The van der Waals surface area contributed by atoms with Crippen molar-refractivity contribution in [2.24, 2.45) is 11.5 Å². The zero-order valence-corrected chi connectivity index (χ0v) is 7.51. The zero-order valence-electron chi connectivity index (χ0n) is 7.51. The van der Waals surface area contributed by atoms with Crippen LogP contribution in [-0.2, 0) is 0 Å². The highest BCUT2D eigenvalue weighted by molar-refractivity contribution is 5.71. The van der Waals surface area contributed by atoms with Crippen LogP contribution in [-0.4, -0.2) is 25.2 Å². The second-order valence-corrected chi connectivity index (χ2v) is 2.64. The molecule has 13 heavy (non-hydrogen) atoms. The molecule has 76 valence electrons. The number of amides is 4. The van der Waals surface area contributed by atoms with Crippen LogP contribution in [0.25, 0.3) is 0 Å². The Kier molecular flexibility index (Phi) is 6.39. The van der Waals surface area contributed by atoms with Gasteiger partial charge in [0, 0.05) is 13.1 Å². The van der Waals surface area contributed by atoms with Gasteiger partial charge in [0.05, 0.1) is 0 Å². The van der Waals surface area contributed by atoms with Gasteiger partial charge in [0.15, 0.2) is 0 Å². The molecular formula is C7H16N4O2.